The first-order valence-corrected chi connectivity index (χ1v) is 44.2. The summed E-state index contributed by atoms with van der Waals surface area (Å²) >= 11 is 0. The molecule has 128 heavy (non-hydrogen) atoms. The Bertz CT molecular complexity index is 7940. The van der Waals surface area contributed by atoms with Gasteiger partial charge in [0.25, 0.3) is 0 Å². The first kappa shape index (κ1) is 74.0. The highest BCUT2D eigenvalue weighted by Gasteiger charge is 2.54. The van der Waals surface area contributed by atoms with Gasteiger partial charge in [-0.25, -0.2) is 0 Å². The fourth-order valence-corrected chi connectivity index (χ4v) is 22.1. The summed E-state index contributed by atoms with van der Waals surface area (Å²) in [5.41, 5.74) is 40.0. The third kappa shape index (κ3) is 11.4. The van der Waals surface area contributed by atoms with E-state index in [1.165, 1.54) is 188 Å². The van der Waals surface area contributed by atoms with Crippen molar-refractivity contribution in [2.75, 3.05) is 9.80 Å². The van der Waals surface area contributed by atoms with E-state index in [1.807, 2.05) is 0 Å². The number of hydrogen-bond acceptors (Lipinski definition) is 4. The monoisotopic (exact) mass is 1620 g/mol. The van der Waals surface area contributed by atoms with Gasteiger partial charge in [0.15, 0.2) is 0 Å². The highest BCUT2D eigenvalue weighted by Crippen LogP contribution is 2.66. The summed E-state index contributed by atoms with van der Waals surface area (Å²) in [6, 6.07) is 173. The van der Waals surface area contributed by atoms with Crippen molar-refractivity contribution in [3.63, 3.8) is 0 Å². The number of pyridine rings is 2. The summed E-state index contributed by atoms with van der Waals surface area (Å²) in [5.74, 6) is 0. The van der Waals surface area contributed by atoms with E-state index in [0.717, 1.165) is 45.0 Å². The van der Waals surface area contributed by atoms with Crippen LogP contribution in [0.5, 0.6) is 0 Å². The average molecular weight is 1630 g/mol. The minimum atomic E-state index is -0.526. The van der Waals surface area contributed by atoms with Crippen LogP contribution in [0.2, 0.25) is 0 Å². The maximum atomic E-state index is 5.30. The number of fused-ring (bicyclic) bond motifs is 22. The van der Waals surface area contributed by atoms with Gasteiger partial charge in [0, 0.05) is 46.0 Å². The Balaban J connectivity index is 0.000000139. The molecule has 2 spiro atoms. The highest BCUT2D eigenvalue weighted by molar-refractivity contribution is 6.23. The second-order valence-corrected chi connectivity index (χ2v) is 34.0. The highest BCUT2D eigenvalue weighted by atomic mass is 15.2. The van der Waals surface area contributed by atoms with Gasteiger partial charge in [-0.3, -0.25) is 9.97 Å². The Morgan fingerprint density at radius 1 is 0.156 bits per heavy atom. The van der Waals surface area contributed by atoms with E-state index in [9.17, 15) is 0 Å². The van der Waals surface area contributed by atoms with Crippen LogP contribution < -0.4 is 9.80 Å². The second-order valence-electron chi connectivity index (χ2n) is 34.0. The molecule has 4 heterocycles. The number of aromatic nitrogens is 2. The predicted octanol–water partition coefficient (Wildman–Crippen LogP) is 32.4. The van der Waals surface area contributed by atoms with Crippen LogP contribution in [0.25, 0.3) is 155 Å². The summed E-state index contributed by atoms with van der Waals surface area (Å²) < 4.78 is 0. The van der Waals surface area contributed by atoms with Crippen molar-refractivity contribution in [3.8, 4) is 112 Å². The zero-order valence-corrected chi connectivity index (χ0v) is 70.0. The lowest BCUT2D eigenvalue weighted by Crippen LogP contribution is -2.36. The number of hydrogen-bond donors (Lipinski definition) is 0. The van der Waals surface area contributed by atoms with Crippen LogP contribution in [-0.4, -0.2) is 9.97 Å². The Labute approximate surface area is 744 Å². The smallest absolute Gasteiger partial charge is 0.0754 e. The molecular formula is C124H80N4. The van der Waals surface area contributed by atoms with Gasteiger partial charge in [0.1, 0.15) is 0 Å². The zero-order valence-electron chi connectivity index (χ0n) is 70.0. The molecule has 22 aromatic rings. The molecule has 0 amide bonds. The molecule has 0 saturated heterocycles. The maximum absolute atomic E-state index is 5.30. The molecule has 4 nitrogen and oxygen atoms in total. The average Bonchev–Trinajstić information content (AvgIpc) is 1.50. The molecule has 20 aromatic carbocycles. The maximum Gasteiger partial charge on any atom is 0.0754 e. The Morgan fingerprint density at radius 2 is 0.406 bits per heavy atom. The standard InChI is InChI=1S/2C62H40N2/c1-3-17-41(18-4-1)42-31-33-43(34-32-42)60-49-22-7-9-24-51(49)61(52-25-10-8-23-50(52)60)45-36-38-57(63-40-45)44-35-37-48-47-21-11-12-26-53(47)62(56(48)39-44)54-27-13-15-29-58(54)64(46-19-5-2-6-20-46)59-30-16-14-28-55(59)62;1-3-17-41(18-4-1)42-31-33-43(34-32-42)60-48-22-7-9-24-50(48)61(51-25-10-8-23-49(51)60)45-36-38-57(63-40-45)44-35-37-54-52(39-44)47-21-11-12-26-53(47)62(54)55-27-13-15-29-58(55)64(46-19-5-2-6-20-46)59-30-16-14-28-56(59)62/h2*1-40H. The first-order valence-electron chi connectivity index (χ1n) is 44.2. The minimum absolute atomic E-state index is 0.488. The first-order chi connectivity index (χ1) is 63.5. The minimum Gasteiger partial charge on any atom is -0.310 e. The molecule has 0 N–H and O–H groups in total. The Kier molecular flexibility index (Phi) is 17.4. The van der Waals surface area contributed by atoms with E-state index < -0.39 is 10.8 Å². The summed E-state index contributed by atoms with van der Waals surface area (Å²) in [6.45, 7) is 0. The molecule has 4 aliphatic rings. The summed E-state index contributed by atoms with van der Waals surface area (Å²) in [6.07, 6.45) is 4.16. The predicted molar refractivity (Wildman–Crippen MR) is 533 cm³/mol. The molecule has 4 heteroatoms. The van der Waals surface area contributed by atoms with Crippen LogP contribution in [0, 0.1) is 0 Å². The lowest BCUT2D eigenvalue weighted by molar-refractivity contribution is 0.752. The van der Waals surface area contributed by atoms with Crippen molar-refractivity contribution in [2.24, 2.45) is 0 Å². The van der Waals surface area contributed by atoms with Crippen LogP contribution in [-0.2, 0) is 10.8 Å². The summed E-state index contributed by atoms with van der Waals surface area (Å²) in [4.78, 5) is 15.4. The number of anilines is 6. The normalized spacial score (nSPS) is 13.1. The quantitative estimate of drug-likeness (QED) is 0.128. The molecule has 0 saturated carbocycles. The zero-order chi connectivity index (χ0) is 84.4. The molecule has 596 valence electrons. The summed E-state index contributed by atoms with van der Waals surface area (Å²) in [5, 5.41) is 9.80. The summed E-state index contributed by atoms with van der Waals surface area (Å²) in [7, 11) is 0. The van der Waals surface area contributed by atoms with Crippen LogP contribution in [0.3, 0.4) is 0 Å². The lowest BCUT2D eigenvalue weighted by Gasteiger charge is -2.45. The number of benzene rings is 20. The molecule has 0 bridgehead atoms. The molecule has 0 radical (unpaired) electrons. The van der Waals surface area contributed by atoms with Crippen molar-refractivity contribution in [1.29, 1.82) is 0 Å². The van der Waals surface area contributed by atoms with E-state index in [-0.39, 0.29) is 0 Å². The van der Waals surface area contributed by atoms with Gasteiger partial charge in [-0.1, -0.05) is 400 Å². The van der Waals surface area contributed by atoms with Crippen LogP contribution in [0.15, 0.2) is 486 Å². The van der Waals surface area contributed by atoms with E-state index >= 15 is 0 Å². The molecule has 2 aliphatic carbocycles. The van der Waals surface area contributed by atoms with E-state index in [0.29, 0.717) is 0 Å². The lowest BCUT2D eigenvalue weighted by atomic mass is 9.64. The number of nitrogens with zero attached hydrogens (tertiary/aromatic N) is 4. The van der Waals surface area contributed by atoms with Crippen molar-refractivity contribution in [1.82, 2.24) is 9.97 Å². The van der Waals surface area contributed by atoms with Gasteiger partial charge in [-0.2, -0.15) is 0 Å². The molecule has 26 rings (SSSR count). The van der Waals surface area contributed by atoms with E-state index in [1.54, 1.807) is 0 Å². The van der Waals surface area contributed by atoms with Crippen molar-refractivity contribution in [2.45, 2.75) is 10.8 Å². The van der Waals surface area contributed by atoms with Crippen LogP contribution >= 0.6 is 0 Å². The number of rotatable bonds is 10. The fourth-order valence-electron chi connectivity index (χ4n) is 22.1. The van der Waals surface area contributed by atoms with Gasteiger partial charge in [-0.05, 0) is 238 Å². The van der Waals surface area contributed by atoms with Gasteiger partial charge in [0.05, 0.1) is 45.0 Å². The SMILES string of the molecule is c1ccc(-c2ccc(-c3c4ccccc4c(-c4ccc(-c5ccc6c(c5)-c5ccccc5C65c6ccccc6N(c6ccccc6)c6ccccc65)nc4)c4ccccc34)cc2)cc1.c1ccc(-c2ccc(-c3c4ccccc4c(-c4ccc(-c5ccc6c(c5)C5(c7ccccc7-6)c6ccccc6N(c6ccccc6)c6ccccc65)nc4)c4ccccc34)cc2)cc1. The van der Waals surface area contributed by atoms with Crippen molar-refractivity contribution >= 4 is 77.2 Å². The van der Waals surface area contributed by atoms with Crippen molar-refractivity contribution in [3.05, 3.63) is 530 Å². The molecule has 0 atom stereocenters. The molecule has 0 fully saturated rings. The van der Waals surface area contributed by atoms with Crippen LogP contribution in [0.4, 0.5) is 34.1 Å². The molecular weight excluding hydrogens is 1550 g/mol. The van der Waals surface area contributed by atoms with E-state index in [4.69, 9.17) is 9.97 Å². The largest absolute Gasteiger partial charge is 0.310 e. The van der Waals surface area contributed by atoms with Gasteiger partial charge >= 0.3 is 0 Å². The molecule has 2 aliphatic heterocycles. The van der Waals surface area contributed by atoms with Gasteiger partial charge < -0.3 is 9.80 Å². The Morgan fingerprint density at radius 3 is 0.773 bits per heavy atom. The molecule has 0 unspecified atom stereocenters. The fraction of sp³-hybridized carbons (Fsp3) is 0.0161. The van der Waals surface area contributed by atoms with Gasteiger partial charge in [-0.15, -0.1) is 0 Å². The third-order valence-electron chi connectivity index (χ3n) is 27.4. The molecule has 2 aromatic heterocycles. The third-order valence-corrected chi connectivity index (χ3v) is 27.4. The number of para-hydroxylation sites is 6. The van der Waals surface area contributed by atoms with Crippen LogP contribution in [0.1, 0.15) is 44.5 Å². The topological polar surface area (TPSA) is 32.3 Å². The van der Waals surface area contributed by atoms with E-state index in [2.05, 4.69) is 495 Å². The van der Waals surface area contributed by atoms with Crippen molar-refractivity contribution < 1.29 is 0 Å². The van der Waals surface area contributed by atoms with Gasteiger partial charge in [0.2, 0.25) is 0 Å². The Hall–Kier alpha value is -16.7. The second kappa shape index (κ2) is 30.1.